The average molecular weight is 192 g/mol. The van der Waals surface area contributed by atoms with E-state index in [1.54, 1.807) is 0 Å². The summed E-state index contributed by atoms with van der Waals surface area (Å²) in [7, 11) is 0. The largest absolute Gasteiger partial charge is 0.383 e. The minimum atomic E-state index is 0.446. The Hall–Kier alpha value is -1.02. The van der Waals surface area contributed by atoms with Gasteiger partial charge < -0.3 is 11.1 Å². The lowest BCUT2D eigenvalue weighted by atomic mass is 10.1. The van der Waals surface area contributed by atoms with E-state index in [2.05, 4.69) is 44.3 Å². The highest BCUT2D eigenvalue weighted by molar-refractivity contribution is 5.48. The van der Waals surface area contributed by atoms with Crippen LogP contribution in [0.15, 0.2) is 18.2 Å². The van der Waals surface area contributed by atoms with Gasteiger partial charge in [-0.05, 0) is 57.0 Å². The molecule has 14 heavy (non-hydrogen) atoms. The Morgan fingerprint density at radius 1 is 1.29 bits per heavy atom. The van der Waals surface area contributed by atoms with Gasteiger partial charge in [0.2, 0.25) is 0 Å². The highest BCUT2D eigenvalue weighted by Gasteiger charge is 2.01. The van der Waals surface area contributed by atoms with Crippen LogP contribution in [0.4, 0.5) is 5.69 Å². The van der Waals surface area contributed by atoms with Gasteiger partial charge in [-0.25, -0.2) is 0 Å². The van der Waals surface area contributed by atoms with Crippen LogP contribution in [0.5, 0.6) is 0 Å². The Morgan fingerprint density at radius 3 is 2.57 bits per heavy atom. The van der Waals surface area contributed by atoms with Crippen LogP contribution in [0.2, 0.25) is 0 Å². The lowest BCUT2D eigenvalue weighted by Gasteiger charge is -2.15. The fourth-order valence-corrected chi connectivity index (χ4v) is 1.44. The number of hydrogen-bond acceptors (Lipinski definition) is 2. The third-order valence-corrected chi connectivity index (χ3v) is 2.52. The van der Waals surface area contributed by atoms with Gasteiger partial charge in [0.25, 0.3) is 0 Å². The van der Waals surface area contributed by atoms with Crippen LogP contribution in [0.3, 0.4) is 0 Å². The van der Waals surface area contributed by atoms with E-state index in [0.717, 1.165) is 13.0 Å². The van der Waals surface area contributed by atoms with Gasteiger partial charge in [-0.3, -0.25) is 0 Å². The Morgan fingerprint density at radius 2 is 2.00 bits per heavy atom. The Labute approximate surface area is 86.5 Å². The van der Waals surface area contributed by atoms with E-state index in [-0.39, 0.29) is 0 Å². The Bertz CT molecular complexity index is 294. The van der Waals surface area contributed by atoms with Crippen LogP contribution in [0, 0.1) is 13.8 Å². The molecule has 3 N–H and O–H groups in total. The molecule has 0 bridgehead atoms. The first-order chi connectivity index (χ1) is 6.63. The summed E-state index contributed by atoms with van der Waals surface area (Å²) in [4.78, 5) is 0. The monoisotopic (exact) mass is 192 g/mol. The summed E-state index contributed by atoms with van der Waals surface area (Å²) >= 11 is 0. The molecule has 0 heterocycles. The summed E-state index contributed by atoms with van der Waals surface area (Å²) in [6, 6.07) is 6.90. The van der Waals surface area contributed by atoms with Crippen molar-refractivity contribution in [3.8, 4) is 0 Å². The molecule has 0 aliphatic rings. The molecule has 0 aromatic heterocycles. The number of benzene rings is 1. The van der Waals surface area contributed by atoms with E-state index in [0.29, 0.717) is 6.04 Å². The van der Waals surface area contributed by atoms with Crippen LogP contribution >= 0.6 is 0 Å². The number of hydrogen-bond donors (Lipinski definition) is 2. The summed E-state index contributed by atoms with van der Waals surface area (Å²) in [6.45, 7) is 7.15. The molecule has 2 heteroatoms. The molecular formula is C12H20N2. The molecule has 0 aliphatic heterocycles. The third-order valence-electron chi connectivity index (χ3n) is 2.52. The first-order valence-corrected chi connectivity index (χ1v) is 5.17. The Balaban J connectivity index is 2.63. The fraction of sp³-hybridized carbons (Fsp3) is 0.500. The van der Waals surface area contributed by atoms with Gasteiger partial charge in [-0.2, -0.15) is 0 Å². The SMILES string of the molecule is Cc1ccc(NC(C)CCN)cc1C. The van der Waals surface area contributed by atoms with Gasteiger partial charge in [-0.1, -0.05) is 6.07 Å². The molecule has 0 amide bonds. The van der Waals surface area contributed by atoms with E-state index >= 15 is 0 Å². The normalized spacial score (nSPS) is 12.6. The minimum Gasteiger partial charge on any atom is -0.383 e. The Kier molecular flexibility index (Phi) is 3.96. The van der Waals surface area contributed by atoms with Crippen LogP contribution in [0.1, 0.15) is 24.5 Å². The molecule has 0 spiro atoms. The number of rotatable bonds is 4. The highest BCUT2D eigenvalue weighted by Crippen LogP contribution is 2.15. The van der Waals surface area contributed by atoms with Crippen molar-refractivity contribution in [2.24, 2.45) is 5.73 Å². The number of nitrogens with one attached hydrogen (secondary N) is 1. The molecule has 0 fully saturated rings. The molecule has 1 aromatic carbocycles. The highest BCUT2D eigenvalue weighted by atomic mass is 14.9. The summed E-state index contributed by atoms with van der Waals surface area (Å²) < 4.78 is 0. The van der Waals surface area contributed by atoms with E-state index in [4.69, 9.17) is 5.73 Å². The van der Waals surface area contributed by atoms with Gasteiger partial charge in [0.05, 0.1) is 0 Å². The molecule has 0 saturated carbocycles. The maximum absolute atomic E-state index is 5.50. The number of aryl methyl sites for hydroxylation is 2. The van der Waals surface area contributed by atoms with Crippen molar-refractivity contribution in [2.75, 3.05) is 11.9 Å². The molecule has 0 radical (unpaired) electrons. The lowest BCUT2D eigenvalue weighted by molar-refractivity contribution is 0.717. The zero-order valence-corrected chi connectivity index (χ0v) is 9.30. The molecule has 2 nitrogen and oxygen atoms in total. The van der Waals surface area contributed by atoms with Crippen molar-refractivity contribution in [1.82, 2.24) is 0 Å². The first kappa shape index (κ1) is 11.1. The van der Waals surface area contributed by atoms with Crippen molar-refractivity contribution < 1.29 is 0 Å². The zero-order chi connectivity index (χ0) is 10.6. The van der Waals surface area contributed by atoms with Gasteiger partial charge in [0, 0.05) is 11.7 Å². The van der Waals surface area contributed by atoms with Crippen LogP contribution in [0.25, 0.3) is 0 Å². The van der Waals surface area contributed by atoms with E-state index in [1.807, 2.05) is 0 Å². The molecule has 78 valence electrons. The van der Waals surface area contributed by atoms with E-state index in [9.17, 15) is 0 Å². The zero-order valence-electron chi connectivity index (χ0n) is 9.30. The van der Waals surface area contributed by atoms with Crippen molar-refractivity contribution in [1.29, 1.82) is 0 Å². The molecule has 0 saturated heterocycles. The topological polar surface area (TPSA) is 38.0 Å². The van der Waals surface area contributed by atoms with Crippen molar-refractivity contribution in [3.05, 3.63) is 29.3 Å². The summed E-state index contributed by atoms with van der Waals surface area (Å²) in [5.41, 5.74) is 9.35. The first-order valence-electron chi connectivity index (χ1n) is 5.17. The maximum Gasteiger partial charge on any atom is 0.0345 e. The lowest BCUT2D eigenvalue weighted by Crippen LogP contribution is -2.19. The molecule has 1 unspecified atom stereocenters. The third kappa shape index (κ3) is 3.04. The quantitative estimate of drug-likeness (QED) is 0.769. The summed E-state index contributed by atoms with van der Waals surface area (Å²) in [5.74, 6) is 0. The fourth-order valence-electron chi connectivity index (χ4n) is 1.44. The molecule has 1 rings (SSSR count). The second-order valence-electron chi connectivity index (χ2n) is 3.92. The predicted octanol–water partition coefficient (Wildman–Crippen LogP) is 2.45. The maximum atomic E-state index is 5.50. The van der Waals surface area contributed by atoms with Crippen LogP contribution in [-0.2, 0) is 0 Å². The van der Waals surface area contributed by atoms with Gasteiger partial charge in [-0.15, -0.1) is 0 Å². The smallest absolute Gasteiger partial charge is 0.0345 e. The molecular weight excluding hydrogens is 172 g/mol. The predicted molar refractivity (Wildman–Crippen MR) is 62.7 cm³/mol. The summed E-state index contributed by atoms with van der Waals surface area (Å²) in [5, 5.41) is 3.43. The summed E-state index contributed by atoms with van der Waals surface area (Å²) in [6.07, 6.45) is 1.01. The minimum absolute atomic E-state index is 0.446. The van der Waals surface area contributed by atoms with Gasteiger partial charge in [0.1, 0.15) is 0 Å². The second kappa shape index (κ2) is 5.01. The van der Waals surface area contributed by atoms with Crippen molar-refractivity contribution >= 4 is 5.69 Å². The van der Waals surface area contributed by atoms with E-state index in [1.165, 1.54) is 16.8 Å². The standard InChI is InChI=1S/C12H20N2/c1-9-4-5-12(8-10(9)2)14-11(3)6-7-13/h4-5,8,11,14H,6-7,13H2,1-3H3. The van der Waals surface area contributed by atoms with Gasteiger partial charge in [0.15, 0.2) is 0 Å². The van der Waals surface area contributed by atoms with E-state index < -0.39 is 0 Å². The average Bonchev–Trinajstić information content (AvgIpc) is 2.12. The van der Waals surface area contributed by atoms with Crippen molar-refractivity contribution in [2.45, 2.75) is 33.2 Å². The second-order valence-corrected chi connectivity index (χ2v) is 3.92. The number of nitrogens with two attached hydrogens (primary N) is 1. The van der Waals surface area contributed by atoms with Crippen LogP contribution < -0.4 is 11.1 Å². The van der Waals surface area contributed by atoms with Gasteiger partial charge >= 0.3 is 0 Å². The molecule has 1 aromatic rings. The van der Waals surface area contributed by atoms with Crippen molar-refractivity contribution in [3.63, 3.8) is 0 Å². The number of anilines is 1. The molecule has 0 aliphatic carbocycles. The van der Waals surface area contributed by atoms with Crippen LogP contribution in [-0.4, -0.2) is 12.6 Å². The molecule has 1 atom stereocenters.